The van der Waals surface area contributed by atoms with E-state index in [-0.39, 0.29) is 0 Å². The number of imidazole rings is 1. The van der Waals surface area contributed by atoms with Crippen LogP contribution in [0.5, 0.6) is 0 Å². The molecule has 0 radical (unpaired) electrons. The molecule has 160 valence electrons. The molecule has 0 aliphatic rings. The van der Waals surface area contributed by atoms with Crippen LogP contribution in [0.25, 0.3) is 16.7 Å². The molecule has 4 aromatic rings. The van der Waals surface area contributed by atoms with Crippen LogP contribution in [0.1, 0.15) is 23.4 Å². The Bertz CT molecular complexity index is 1190. The second kappa shape index (κ2) is 9.47. The second-order valence-electron chi connectivity index (χ2n) is 7.60. The molecule has 2 aromatic carbocycles. The van der Waals surface area contributed by atoms with E-state index in [0.29, 0.717) is 6.54 Å². The summed E-state index contributed by atoms with van der Waals surface area (Å²) in [6, 6.07) is 18.6. The summed E-state index contributed by atoms with van der Waals surface area (Å²) in [4.78, 5) is 8.82. The zero-order valence-corrected chi connectivity index (χ0v) is 18.3. The molecule has 31 heavy (non-hydrogen) atoms. The van der Waals surface area contributed by atoms with E-state index in [0.717, 1.165) is 48.1 Å². The number of guanidine groups is 1. The number of nitrogens with one attached hydrogen (secondary N) is 2. The summed E-state index contributed by atoms with van der Waals surface area (Å²) in [7, 11) is 1.80. The van der Waals surface area contributed by atoms with Gasteiger partial charge in [-0.1, -0.05) is 30.3 Å². The summed E-state index contributed by atoms with van der Waals surface area (Å²) in [6.45, 7) is 6.49. The van der Waals surface area contributed by atoms with Gasteiger partial charge in [-0.15, -0.1) is 0 Å². The Balaban J connectivity index is 1.32. The fourth-order valence-corrected chi connectivity index (χ4v) is 3.78. The SMILES string of the molecule is CN=C(NCCCn1cnc2ccccc21)NCc1ccccc1-n1nc(C)cc1C. The van der Waals surface area contributed by atoms with Crippen molar-refractivity contribution in [1.29, 1.82) is 0 Å². The molecular formula is C24H29N7. The third-order valence-corrected chi connectivity index (χ3v) is 5.29. The molecule has 0 fully saturated rings. The van der Waals surface area contributed by atoms with Crippen LogP contribution in [0.15, 0.2) is 65.9 Å². The van der Waals surface area contributed by atoms with E-state index in [2.05, 4.69) is 73.6 Å². The van der Waals surface area contributed by atoms with Crippen molar-refractivity contribution >= 4 is 17.0 Å². The van der Waals surface area contributed by atoms with Crippen molar-refractivity contribution in [2.24, 2.45) is 4.99 Å². The summed E-state index contributed by atoms with van der Waals surface area (Å²) in [6.07, 6.45) is 2.89. The van der Waals surface area contributed by atoms with Gasteiger partial charge in [0.2, 0.25) is 0 Å². The highest BCUT2D eigenvalue weighted by Crippen LogP contribution is 2.17. The minimum absolute atomic E-state index is 0.667. The molecule has 2 N–H and O–H groups in total. The van der Waals surface area contributed by atoms with E-state index < -0.39 is 0 Å². The Morgan fingerprint density at radius 2 is 1.84 bits per heavy atom. The first kappa shape index (κ1) is 20.7. The first-order valence-electron chi connectivity index (χ1n) is 10.6. The van der Waals surface area contributed by atoms with E-state index in [1.54, 1.807) is 7.05 Å². The number of fused-ring (bicyclic) bond motifs is 1. The third kappa shape index (κ3) is 4.77. The Morgan fingerprint density at radius 3 is 2.65 bits per heavy atom. The van der Waals surface area contributed by atoms with Gasteiger partial charge in [-0.05, 0) is 50.1 Å². The highest BCUT2D eigenvalue weighted by atomic mass is 15.3. The summed E-state index contributed by atoms with van der Waals surface area (Å²) in [5, 5.41) is 11.5. The van der Waals surface area contributed by atoms with Crippen molar-refractivity contribution < 1.29 is 0 Å². The molecule has 0 saturated heterocycles. The van der Waals surface area contributed by atoms with Crippen LogP contribution in [-0.4, -0.2) is 38.9 Å². The molecule has 0 amide bonds. The molecule has 2 heterocycles. The molecular weight excluding hydrogens is 386 g/mol. The molecule has 2 aromatic heterocycles. The van der Waals surface area contributed by atoms with E-state index >= 15 is 0 Å². The lowest BCUT2D eigenvalue weighted by Crippen LogP contribution is -2.37. The van der Waals surface area contributed by atoms with Crippen LogP contribution >= 0.6 is 0 Å². The van der Waals surface area contributed by atoms with Crippen molar-refractivity contribution in [2.45, 2.75) is 33.4 Å². The number of hydrogen-bond donors (Lipinski definition) is 2. The Kier molecular flexibility index (Phi) is 6.31. The molecule has 7 heteroatoms. The number of aromatic nitrogens is 4. The number of aryl methyl sites for hydroxylation is 3. The van der Waals surface area contributed by atoms with Gasteiger partial charge in [0.1, 0.15) is 0 Å². The molecule has 0 aliphatic carbocycles. The van der Waals surface area contributed by atoms with Gasteiger partial charge in [0, 0.05) is 32.4 Å². The van der Waals surface area contributed by atoms with E-state index in [9.17, 15) is 0 Å². The maximum absolute atomic E-state index is 4.63. The molecule has 0 bridgehead atoms. The van der Waals surface area contributed by atoms with Gasteiger partial charge in [0.25, 0.3) is 0 Å². The summed E-state index contributed by atoms with van der Waals surface area (Å²) < 4.78 is 4.19. The monoisotopic (exact) mass is 415 g/mol. The standard InChI is InChI=1S/C24H29N7/c1-18-15-19(2)31(29-18)22-11-6-4-9-20(22)16-27-24(25-3)26-13-8-14-30-17-28-21-10-5-7-12-23(21)30/h4-7,9-12,15,17H,8,13-14,16H2,1-3H3,(H2,25,26,27). The minimum atomic E-state index is 0.667. The maximum Gasteiger partial charge on any atom is 0.191 e. The number of aliphatic imine (C=N–C) groups is 1. The van der Waals surface area contributed by atoms with Crippen LogP contribution < -0.4 is 10.6 Å². The number of nitrogens with zero attached hydrogens (tertiary/aromatic N) is 5. The Morgan fingerprint density at radius 1 is 1.03 bits per heavy atom. The van der Waals surface area contributed by atoms with E-state index in [1.807, 2.05) is 36.1 Å². The first-order valence-corrected chi connectivity index (χ1v) is 10.6. The molecule has 0 aliphatic heterocycles. The molecule has 0 saturated carbocycles. The van der Waals surface area contributed by atoms with Crippen molar-refractivity contribution in [1.82, 2.24) is 30.0 Å². The summed E-state index contributed by atoms with van der Waals surface area (Å²) >= 11 is 0. The van der Waals surface area contributed by atoms with Gasteiger partial charge in [-0.25, -0.2) is 9.67 Å². The summed E-state index contributed by atoms with van der Waals surface area (Å²) in [5.74, 6) is 0.790. The topological polar surface area (TPSA) is 72.1 Å². The van der Waals surface area contributed by atoms with Crippen LogP contribution in [0.4, 0.5) is 0 Å². The van der Waals surface area contributed by atoms with Gasteiger partial charge < -0.3 is 15.2 Å². The van der Waals surface area contributed by atoms with Gasteiger partial charge in [0.15, 0.2) is 5.96 Å². The van der Waals surface area contributed by atoms with Crippen LogP contribution in [-0.2, 0) is 13.1 Å². The Hall–Kier alpha value is -3.61. The van der Waals surface area contributed by atoms with Gasteiger partial charge in [-0.2, -0.15) is 5.10 Å². The normalized spacial score (nSPS) is 11.8. The molecule has 0 unspecified atom stereocenters. The largest absolute Gasteiger partial charge is 0.356 e. The van der Waals surface area contributed by atoms with Crippen molar-refractivity contribution in [3.05, 3.63) is 77.9 Å². The fourth-order valence-electron chi connectivity index (χ4n) is 3.78. The lowest BCUT2D eigenvalue weighted by atomic mass is 10.1. The number of rotatable bonds is 7. The lowest BCUT2D eigenvalue weighted by molar-refractivity contribution is 0.637. The zero-order valence-electron chi connectivity index (χ0n) is 18.3. The van der Waals surface area contributed by atoms with Crippen molar-refractivity contribution in [3.8, 4) is 5.69 Å². The maximum atomic E-state index is 4.63. The first-order chi connectivity index (χ1) is 15.2. The molecule has 4 rings (SSSR count). The summed E-state index contributed by atoms with van der Waals surface area (Å²) in [5.41, 5.74) is 6.60. The minimum Gasteiger partial charge on any atom is -0.356 e. The predicted octanol–water partition coefficient (Wildman–Crippen LogP) is 3.59. The highest BCUT2D eigenvalue weighted by Gasteiger charge is 2.09. The molecule has 0 atom stereocenters. The zero-order chi connectivity index (χ0) is 21.6. The number of hydrogen-bond acceptors (Lipinski definition) is 3. The van der Waals surface area contributed by atoms with Crippen LogP contribution in [0.2, 0.25) is 0 Å². The number of benzene rings is 2. The second-order valence-corrected chi connectivity index (χ2v) is 7.60. The van der Waals surface area contributed by atoms with Crippen molar-refractivity contribution in [2.75, 3.05) is 13.6 Å². The van der Waals surface area contributed by atoms with E-state index in [4.69, 9.17) is 0 Å². The quantitative estimate of drug-likeness (QED) is 0.275. The molecule has 7 nitrogen and oxygen atoms in total. The Labute approximate surface area is 182 Å². The average Bonchev–Trinajstić information content (AvgIpc) is 3.35. The highest BCUT2D eigenvalue weighted by molar-refractivity contribution is 5.79. The smallest absolute Gasteiger partial charge is 0.191 e. The van der Waals surface area contributed by atoms with Crippen LogP contribution in [0, 0.1) is 13.8 Å². The molecule has 0 spiro atoms. The van der Waals surface area contributed by atoms with Crippen LogP contribution in [0.3, 0.4) is 0 Å². The van der Waals surface area contributed by atoms with E-state index in [1.165, 1.54) is 11.1 Å². The van der Waals surface area contributed by atoms with Gasteiger partial charge in [-0.3, -0.25) is 4.99 Å². The van der Waals surface area contributed by atoms with Gasteiger partial charge in [0.05, 0.1) is 28.7 Å². The fraction of sp³-hybridized carbons (Fsp3) is 0.292. The average molecular weight is 416 g/mol. The van der Waals surface area contributed by atoms with Crippen molar-refractivity contribution in [3.63, 3.8) is 0 Å². The van der Waals surface area contributed by atoms with Gasteiger partial charge >= 0.3 is 0 Å². The number of para-hydroxylation sites is 3. The lowest BCUT2D eigenvalue weighted by Gasteiger charge is -2.15. The third-order valence-electron chi connectivity index (χ3n) is 5.29. The predicted molar refractivity (Wildman–Crippen MR) is 126 cm³/mol.